The third-order valence-electron chi connectivity index (χ3n) is 4.99. The number of halogens is 1. The van der Waals surface area contributed by atoms with Crippen molar-refractivity contribution in [2.45, 2.75) is 39.2 Å². The Morgan fingerprint density at radius 3 is 2.44 bits per heavy atom. The van der Waals surface area contributed by atoms with Crippen molar-refractivity contribution in [3.05, 3.63) is 23.0 Å². The van der Waals surface area contributed by atoms with E-state index in [0.717, 1.165) is 44.0 Å². The van der Waals surface area contributed by atoms with Gasteiger partial charge in [0, 0.05) is 12.7 Å². The highest BCUT2D eigenvalue weighted by atomic mass is 35.5. The smallest absolute Gasteiger partial charge is 0.373 e. The molecule has 1 saturated heterocycles. The molecule has 8 heteroatoms. The van der Waals surface area contributed by atoms with Crippen molar-refractivity contribution in [1.29, 1.82) is 0 Å². The van der Waals surface area contributed by atoms with Gasteiger partial charge in [-0.15, -0.1) is 0 Å². The van der Waals surface area contributed by atoms with Crippen LogP contribution in [0.2, 0.25) is 5.02 Å². The first-order chi connectivity index (χ1) is 12.0. The van der Waals surface area contributed by atoms with Crippen molar-refractivity contribution in [2.24, 2.45) is 5.41 Å². The molecule has 1 unspecified atom stereocenters. The molecule has 1 aromatic rings. The largest absolute Gasteiger partial charge is 0.377 e. The minimum atomic E-state index is 0.250. The van der Waals surface area contributed by atoms with Crippen LogP contribution in [0, 0.1) is 5.41 Å². The lowest BCUT2D eigenvalue weighted by Crippen LogP contribution is -2.58. The third-order valence-corrected chi connectivity index (χ3v) is 5.19. The number of morpholine rings is 1. The van der Waals surface area contributed by atoms with Gasteiger partial charge in [-0.2, -0.15) is 19.2 Å². The molecule has 3 rings (SSSR count). The minimum absolute atomic E-state index is 0.250. The number of pyridine rings is 1. The predicted molar refractivity (Wildman–Crippen MR) is 87.9 cm³/mol. The van der Waals surface area contributed by atoms with E-state index in [9.17, 15) is 0 Å². The van der Waals surface area contributed by atoms with Crippen molar-refractivity contribution in [3.63, 3.8) is 0 Å². The van der Waals surface area contributed by atoms with Crippen LogP contribution in [0.1, 0.15) is 32.4 Å². The number of rotatable bonds is 2. The van der Waals surface area contributed by atoms with Crippen LogP contribution >= 0.6 is 11.6 Å². The molecule has 136 valence electrons. The van der Waals surface area contributed by atoms with Gasteiger partial charge in [-0.1, -0.05) is 25.4 Å². The van der Waals surface area contributed by atoms with Crippen molar-refractivity contribution in [2.75, 3.05) is 24.7 Å². The first-order valence-corrected chi connectivity index (χ1v) is 8.38. The van der Waals surface area contributed by atoms with E-state index >= 15 is 0 Å². The normalized spacial score (nSPS) is 19.5. The summed E-state index contributed by atoms with van der Waals surface area (Å²) in [5.41, 5.74) is 2.71. The van der Waals surface area contributed by atoms with E-state index in [2.05, 4.69) is 29.8 Å². The van der Waals surface area contributed by atoms with Gasteiger partial charge in [0.25, 0.3) is 0 Å². The molecular formula is C17H21ClN2O5. The standard InChI is InChI=1S/C15H21ClN2O.2CO2/c1-3-15(4-2)8-12-13(7-11(16)9-17-12)18-5-6-19-10-14(15)18;2*2-1-3/h7,9,14H,3-6,8,10H2,1-2H3;;. The van der Waals surface area contributed by atoms with Crippen molar-refractivity contribution < 1.29 is 23.9 Å². The maximum atomic E-state index is 8.12. The van der Waals surface area contributed by atoms with Crippen LogP contribution in [-0.4, -0.2) is 43.1 Å². The van der Waals surface area contributed by atoms with Crippen LogP contribution in [0.5, 0.6) is 0 Å². The van der Waals surface area contributed by atoms with E-state index < -0.39 is 0 Å². The van der Waals surface area contributed by atoms with Gasteiger partial charge in [0.2, 0.25) is 0 Å². The second-order valence-electron chi connectivity index (χ2n) is 5.82. The first-order valence-electron chi connectivity index (χ1n) is 8.00. The Morgan fingerprint density at radius 2 is 1.88 bits per heavy atom. The molecule has 2 aliphatic rings. The zero-order valence-electron chi connectivity index (χ0n) is 14.3. The quantitative estimate of drug-likeness (QED) is 0.789. The number of aromatic nitrogens is 1. The van der Waals surface area contributed by atoms with Gasteiger partial charge in [-0.3, -0.25) is 4.98 Å². The summed E-state index contributed by atoms with van der Waals surface area (Å²) in [7, 11) is 0. The van der Waals surface area contributed by atoms with Gasteiger partial charge in [0.15, 0.2) is 0 Å². The zero-order valence-corrected chi connectivity index (χ0v) is 15.0. The molecule has 0 bridgehead atoms. The Morgan fingerprint density at radius 1 is 1.28 bits per heavy atom. The number of carbonyl (C=O) groups excluding carboxylic acids is 4. The van der Waals surface area contributed by atoms with Gasteiger partial charge < -0.3 is 9.64 Å². The maximum Gasteiger partial charge on any atom is 0.373 e. The van der Waals surface area contributed by atoms with Crippen molar-refractivity contribution >= 4 is 29.6 Å². The number of hydrogen-bond acceptors (Lipinski definition) is 7. The average molecular weight is 369 g/mol. The van der Waals surface area contributed by atoms with Gasteiger partial charge in [0.1, 0.15) is 0 Å². The molecule has 2 aliphatic heterocycles. The molecule has 3 heterocycles. The zero-order chi connectivity index (χ0) is 18.9. The van der Waals surface area contributed by atoms with Gasteiger partial charge in [-0.25, -0.2) is 0 Å². The van der Waals surface area contributed by atoms with Crippen LogP contribution < -0.4 is 4.90 Å². The van der Waals surface area contributed by atoms with E-state index in [0.29, 0.717) is 6.04 Å². The number of ether oxygens (including phenoxy) is 1. The van der Waals surface area contributed by atoms with E-state index in [1.807, 2.05) is 0 Å². The van der Waals surface area contributed by atoms with Crippen LogP contribution in [0.15, 0.2) is 12.3 Å². The van der Waals surface area contributed by atoms with Crippen molar-refractivity contribution in [3.8, 4) is 0 Å². The Bertz CT molecular complexity index is 624. The fraction of sp³-hybridized carbons (Fsp3) is 0.588. The van der Waals surface area contributed by atoms with Crippen LogP contribution in [0.3, 0.4) is 0 Å². The van der Waals surface area contributed by atoms with Gasteiger partial charge in [0.05, 0.1) is 35.7 Å². The fourth-order valence-electron chi connectivity index (χ4n) is 3.66. The summed E-state index contributed by atoms with van der Waals surface area (Å²) in [6.45, 7) is 7.15. The summed E-state index contributed by atoms with van der Waals surface area (Å²) in [5, 5.41) is 0.726. The second-order valence-corrected chi connectivity index (χ2v) is 6.25. The Kier molecular flexibility index (Phi) is 8.46. The Labute approximate surface area is 151 Å². The van der Waals surface area contributed by atoms with E-state index in [4.69, 9.17) is 35.5 Å². The number of hydrogen-bond donors (Lipinski definition) is 0. The van der Waals surface area contributed by atoms with Crippen LogP contribution in [0.4, 0.5) is 5.69 Å². The highest BCUT2D eigenvalue weighted by Gasteiger charge is 2.46. The molecule has 0 radical (unpaired) electrons. The Hall–Kier alpha value is -2.04. The minimum Gasteiger partial charge on any atom is -0.377 e. The van der Waals surface area contributed by atoms with Crippen LogP contribution in [-0.2, 0) is 30.3 Å². The summed E-state index contributed by atoms with van der Waals surface area (Å²) in [5.74, 6) is 0. The highest BCUT2D eigenvalue weighted by Crippen LogP contribution is 2.46. The summed E-state index contributed by atoms with van der Waals surface area (Å²) in [4.78, 5) is 39.6. The summed E-state index contributed by atoms with van der Waals surface area (Å²) in [6, 6.07) is 2.53. The fourth-order valence-corrected chi connectivity index (χ4v) is 3.82. The molecule has 1 fully saturated rings. The topological polar surface area (TPSA) is 93.6 Å². The molecule has 0 amide bonds. The average Bonchev–Trinajstić information content (AvgIpc) is 2.63. The molecule has 1 aromatic heterocycles. The van der Waals surface area contributed by atoms with Gasteiger partial charge >= 0.3 is 12.3 Å². The lowest BCUT2D eigenvalue weighted by molar-refractivity contribution is -0.193. The molecule has 0 saturated carbocycles. The summed E-state index contributed by atoms with van der Waals surface area (Å²) in [6.07, 6.45) is 5.64. The molecule has 0 N–H and O–H groups in total. The highest BCUT2D eigenvalue weighted by molar-refractivity contribution is 6.30. The lowest BCUT2D eigenvalue weighted by atomic mass is 9.68. The third kappa shape index (κ3) is 4.74. The molecule has 0 aliphatic carbocycles. The molecule has 0 spiro atoms. The van der Waals surface area contributed by atoms with E-state index in [-0.39, 0.29) is 17.7 Å². The van der Waals surface area contributed by atoms with Crippen LogP contribution in [0.25, 0.3) is 0 Å². The van der Waals surface area contributed by atoms with Gasteiger partial charge in [-0.05, 0) is 30.7 Å². The lowest BCUT2D eigenvalue weighted by Gasteiger charge is -2.52. The van der Waals surface area contributed by atoms with E-state index in [1.165, 1.54) is 11.4 Å². The molecule has 0 aromatic carbocycles. The molecule has 25 heavy (non-hydrogen) atoms. The monoisotopic (exact) mass is 368 g/mol. The first kappa shape index (κ1) is 21.0. The number of fused-ring (bicyclic) bond motifs is 3. The van der Waals surface area contributed by atoms with Crippen molar-refractivity contribution in [1.82, 2.24) is 4.98 Å². The molecule has 7 nitrogen and oxygen atoms in total. The number of anilines is 1. The predicted octanol–water partition coefficient (Wildman–Crippen LogP) is 2.14. The molecule has 1 atom stereocenters. The second kappa shape index (κ2) is 10.1. The SMILES string of the molecule is CCC1(CC)Cc2ncc(Cl)cc2N2CCOCC21.O=C=O.O=C=O. The van der Waals surface area contributed by atoms with E-state index in [1.54, 1.807) is 6.20 Å². The summed E-state index contributed by atoms with van der Waals surface area (Å²) >= 11 is 6.13. The molecular weight excluding hydrogens is 348 g/mol. The summed E-state index contributed by atoms with van der Waals surface area (Å²) < 4.78 is 5.75. The maximum absolute atomic E-state index is 8.12. The Balaban J connectivity index is 0.000000460. The number of nitrogens with zero attached hydrogens (tertiary/aromatic N) is 2.